The number of hydrogen-bond donors (Lipinski definition) is 2. The summed E-state index contributed by atoms with van der Waals surface area (Å²) in [5, 5.41) is 7.01. The molecule has 1 aliphatic heterocycles. The lowest BCUT2D eigenvalue weighted by Gasteiger charge is -2.22. The zero-order valence-corrected chi connectivity index (χ0v) is 21.2. The molecule has 166 valence electrons. The Morgan fingerprint density at radius 2 is 1.79 bits per heavy atom. The first-order valence-corrected chi connectivity index (χ1v) is 11.1. The van der Waals surface area contributed by atoms with Crippen LogP contribution < -0.4 is 15.5 Å². The van der Waals surface area contributed by atoms with Crippen LogP contribution in [0.1, 0.15) is 63.5 Å². The van der Waals surface area contributed by atoms with Crippen LogP contribution in [0.4, 0.5) is 5.69 Å². The van der Waals surface area contributed by atoms with Crippen LogP contribution in [0.3, 0.4) is 0 Å². The van der Waals surface area contributed by atoms with Crippen molar-refractivity contribution in [2.75, 3.05) is 52.2 Å². The predicted octanol–water partition coefficient (Wildman–Crippen LogP) is 4.64. The molecule has 1 unspecified atom stereocenters. The maximum atomic E-state index is 4.40. The van der Waals surface area contributed by atoms with Crippen LogP contribution in [0.2, 0.25) is 0 Å². The third-order valence-corrected chi connectivity index (χ3v) is 5.49. The molecular formula is C23H42IN5. The normalized spacial score (nSPS) is 15.3. The van der Waals surface area contributed by atoms with Gasteiger partial charge in [-0.05, 0) is 70.9 Å². The van der Waals surface area contributed by atoms with Crippen LogP contribution in [0, 0.1) is 0 Å². The summed E-state index contributed by atoms with van der Waals surface area (Å²) in [7, 11) is 6.14. The molecule has 0 radical (unpaired) electrons. The lowest BCUT2D eigenvalue weighted by Crippen LogP contribution is -2.39. The smallest absolute Gasteiger partial charge is 0.191 e. The Hall–Kier alpha value is -1.02. The van der Waals surface area contributed by atoms with E-state index in [4.69, 9.17) is 0 Å². The molecule has 1 aromatic carbocycles. The summed E-state index contributed by atoms with van der Waals surface area (Å²) in [6.07, 6.45) is 9.05. The molecule has 1 aromatic rings. The van der Waals surface area contributed by atoms with Gasteiger partial charge in [0.1, 0.15) is 0 Å². The molecule has 0 saturated carbocycles. The van der Waals surface area contributed by atoms with E-state index in [0.717, 1.165) is 12.5 Å². The van der Waals surface area contributed by atoms with E-state index in [1.54, 1.807) is 0 Å². The highest BCUT2D eigenvalue weighted by molar-refractivity contribution is 14.0. The van der Waals surface area contributed by atoms with Crippen molar-refractivity contribution < 1.29 is 0 Å². The van der Waals surface area contributed by atoms with E-state index < -0.39 is 0 Å². The van der Waals surface area contributed by atoms with Gasteiger partial charge >= 0.3 is 0 Å². The number of nitrogens with zero attached hydrogens (tertiary/aromatic N) is 3. The molecule has 29 heavy (non-hydrogen) atoms. The molecule has 1 aliphatic rings. The highest BCUT2D eigenvalue weighted by Gasteiger charge is 2.14. The first-order valence-electron chi connectivity index (χ1n) is 11.1. The van der Waals surface area contributed by atoms with E-state index in [1.807, 2.05) is 7.05 Å². The van der Waals surface area contributed by atoms with Crippen molar-refractivity contribution in [3.63, 3.8) is 0 Å². The number of anilines is 1. The Balaban J connectivity index is 0.00000420. The quantitative estimate of drug-likeness (QED) is 0.195. The summed E-state index contributed by atoms with van der Waals surface area (Å²) in [5.41, 5.74) is 2.66. The van der Waals surface area contributed by atoms with Gasteiger partial charge in [0.15, 0.2) is 5.96 Å². The zero-order chi connectivity index (χ0) is 20.2. The number of nitrogens with one attached hydrogen (secondary N) is 2. The molecular weight excluding hydrogens is 473 g/mol. The van der Waals surface area contributed by atoms with E-state index in [1.165, 1.54) is 75.8 Å². The second-order valence-corrected chi connectivity index (χ2v) is 8.23. The van der Waals surface area contributed by atoms with Crippen molar-refractivity contribution in [1.29, 1.82) is 0 Å². The standard InChI is InChI=1S/C23H41N5.HI/c1-20(21-13-12-14-22(19-21)28-17-10-11-18-28)26-23(24-2)25-15-8-6-5-7-9-16-27(3)4;/h12-14,19-20H,5-11,15-18H2,1-4H3,(H2,24,25,26);1H. The molecule has 2 N–H and O–H groups in total. The van der Waals surface area contributed by atoms with Gasteiger partial charge in [-0.3, -0.25) is 4.99 Å². The van der Waals surface area contributed by atoms with Gasteiger partial charge in [0.05, 0.1) is 6.04 Å². The fourth-order valence-electron chi connectivity index (χ4n) is 3.74. The molecule has 5 nitrogen and oxygen atoms in total. The molecule has 6 heteroatoms. The molecule has 0 aromatic heterocycles. The Labute approximate surface area is 195 Å². The van der Waals surface area contributed by atoms with Crippen molar-refractivity contribution in [3.05, 3.63) is 29.8 Å². The number of hydrogen-bond acceptors (Lipinski definition) is 3. The van der Waals surface area contributed by atoms with Crippen molar-refractivity contribution >= 4 is 35.6 Å². The first kappa shape index (κ1) is 26.0. The SMILES string of the molecule is CN=C(NCCCCCCCN(C)C)NC(C)c1cccc(N2CCCC2)c1.I. The number of rotatable bonds is 11. The highest BCUT2D eigenvalue weighted by Crippen LogP contribution is 2.23. The fraction of sp³-hybridized carbons (Fsp3) is 0.696. The number of unbranched alkanes of at least 4 members (excludes halogenated alkanes) is 4. The van der Waals surface area contributed by atoms with Crippen LogP contribution >= 0.6 is 24.0 Å². The minimum atomic E-state index is 0. The molecule has 2 rings (SSSR count). The van der Waals surface area contributed by atoms with E-state index in [9.17, 15) is 0 Å². The van der Waals surface area contributed by atoms with Gasteiger partial charge < -0.3 is 20.4 Å². The summed E-state index contributed by atoms with van der Waals surface area (Å²) >= 11 is 0. The van der Waals surface area contributed by atoms with E-state index in [0.29, 0.717) is 0 Å². The zero-order valence-electron chi connectivity index (χ0n) is 18.9. The Morgan fingerprint density at radius 1 is 1.10 bits per heavy atom. The largest absolute Gasteiger partial charge is 0.372 e. The second kappa shape index (κ2) is 14.9. The van der Waals surface area contributed by atoms with Gasteiger partial charge in [0, 0.05) is 32.4 Å². The van der Waals surface area contributed by atoms with E-state index in [-0.39, 0.29) is 30.0 Å². The topological polar surface area (TPSA) is 42.9 Å². The molecule has 0 bridgehead atoms. The minimum Gasteiger partial charge on any atom is -0.372 e. The summed E-state index contributed by atoms with van der Waals surface area (Å²) < 4.78 is 0. The third-order valence-electron chi connectivity index (χ3n) is 5.49. The monoisotopic (exact) mass is 515 g/mol. The Kier molecular flexibility index (Phi) is 13.4. The van der Waals surface area contributed by atoms with Crippen molar-refractivity contribution in [2.45, 2.75) is 57.9 Å². The molecule has 0 amide bonds. The average molecular weight is 516 g/mol. The molecule has 1 atom stereocenters. The summed E-state index contributed by atoms with van der Waals surface area (Å²) in [6, 6.07) is 9.17. The minimum absolute atomic E-state index is 0. The number of benzene rings is 1. The number of guanidine groups is 1. The molecule has 1 heterocycles. The maximum Gasteiger partial charge on any atom is 0.191 e. The van der Waals surface area contributed by atoms with E-state index in [2.05, 4.69) is 70.7 Å². The lowest BCUT2D eigenvalue weighted by atomic mass is 10.1. The van der Waals surface area contributed by atoms with Crippen LogP contribution in [-0.4, -0.2) is 58.2 Å². The molecule has 1 fully saturated rings. The number of halogens is 1. The van der Waals surface area contributed by atoms with Gasteiger partial charge in [-0.2, -0.15) is 0 Å². The predicted molar refractivity (Wildman–Crippen MR) is 138 cm³/mol. The van der Waals surface area contributed by atoms with Gasteiger partial charge in [-0.1, -0.05) is 31.4 Å². The van der Waals surface area contributed by atoms with Crippen LogP contribution in [0.5, 0.6) is 0 Å². The van der Waals surface area contributed by atoms with Crippen molar-refractivity contribution in [3.8, 4) is 0 Å². The Morgan fingerprint density at radius 3 is 2.48 bits per heavy atom. The second-order valence-electron chi connectivity index (χ2n) is 8.23. The van der Waals surface area contributed by atoms with Crippen LogP contribution in [-0.2, 0) is 0 Å². The van der Waals surface area contributed by atoms with Crippen molar-refractivity contribution in [2.24, 2.45) is 4.99 Å². The van der Waals surface area contributed by atoms with E-state index >= 15 is 0 Å². The maximum absolute atomic E-state index is 4.40. The third kappa shape index (κ3) is 10.0. The van der Waals surface area contributed by atoms with Crippen molar-refractivity contribution in [1.82, 2.24) is 15.5 Å². The number of aliphatic imine (C=N–C) groups is 1. The van der Waals surface area contributed by atoms with Gasteiger partial charge in [-0.15, -0.1) is 24.0 Å². The molecule has 1 saturated heterocycles. The summed E-state index contributed by atoms with van der Waals surface area (Å²) in [6.45, 7) is 6.76. The molecule has 0 spiro atoms. The Bertz CT molecular complexity index is 584. The average Bonchev–Trinajstić information content (AvgIpc) is 3.23. The lowest BCUT2D eigenvalue weighted by molar-refractivity contribution is 0.389. The van der Waals surface area contributed by atoms with Gasteiger partial charge in [-0.25, -0.2) is 0 Å². The summed E-state index contributed by atoms with van der Waals surface area (Å²) in [5.74, 6) is 0.895. The van der Waals surface area contributed by atoms with Crippen LogP contribution in [0.15, 0.2) is 29.3 Å². The molecule has 0 aliphatic carbocycles. The fourth-order valence-corrected chi connectivity index (χ4v) is 3.74. The van der Waals surface area contributed by atoms with Crippen LogP contribution in [0.25, 0.3) is 0 Å². The van der Waals surface area contributed by atoms with Gasteiger partial charge in [0.25, 0.3) is 0 Å². The highest BCUT2D eigenvalue weighted by atomic mass is 127. The summed E-state index contributed by atoms with van der Waals surface area (Å²) in [4.78, 5) is 9.15. The van der Waals surface area contributed by atoms with Gasteiger partial charge in [0.2, 0.25) is 0 Å². The first-order chi connectivity index (χ1) is 13.6.